The third-order valence-corrected chi connectivity index (χ3v) is 5.62. The van der Waals surface area contributed by atoms with Crippen LogP contribution in [0, 0.1) is 6.92 Å². The summed E-state index contributed by atoms with van der Waals surface area (Å²) in [5, 5.41) is 4.30. The highest BCUT2D eigenvalue weighted by Crippen LogP contribution is 2.29. The Morgan fingerprint density at radius 1 is 0.967 bits per heavy atom. The first-order chi connectivity index (χ1) is 14.4. The lowest BCUT2D eigenvalue weighted by molar-refractivity contribution is 0.244. The third-order valence-electron chi connectivity index (χ3n) is 4.29. The fourth-order valence-corrected chi connectivity index (χ4v) is 3.71. The maximum Gasteiger partial charge on any atom is 0.355 e. The highest BCUT2D eigenvalue weighted by molar-refractivity contribution is 7.90. The van der Waals surface area contributed by atoms with E-state index in [2.05, 4.69) is 20.1 Å². The van der Waals surface area contributed by atoms with Gasteiger partial charge < -0.3 is 0 Å². The van der Waals surface area contributed by atoms with Crippen molar-refractivity contribution in [2.45, 2.75) is 11.8 Å². The monoisotopic (exact) mass is 420 g/mol. The molecule has 9 nitrogen and oxygen atoms in total. The molecule has 0 aliphatic heterocycles. The Kier molecular flexibility index (Phi) is 5.07. The fraction of sp³-hybridized carbons (Fsp3) is 0.0500. The van der Waals surface area contributed by atoms with Crippen LogP contribution in [0.25, 0.3) is 22.5 Å². The van der Waals surface area contributed by atoms with Gasteiger partial charge in [-0.3, -0.25) is 4.98 Å². The largest absolute Gasteiger partial charge is 0.355 e. The molecule has 30 heavy (non-hydrogen) atoms. The zero-order valence-corrected chi connectivity index (χ0v) is 16.6. The molecule has 10 heteroatoms. The fourth-order valence-electron chi connectivity index (χ4n) is 2.78. The van der Waals surface area contributed by atoms with Crippen LogP contribution in [0.5, 0.6) is 0 Å². The molecule has 4 rings (SSSR count). The third kappa shape index (κ3) is 3.94. The zero-order chi connectivity index (χ0) is 21.1. The predicted octanol–water partition coefficient (Wildman–Crippen LogP) is 2.66. The van der Waals surface area contributed by atoms with E-state index in [0.717, 1.165) is 10.2 Å². The summed E-state index contributed by atoms with van der Waals surface area (Å²) < 4.78 is 28.1. The molecular formula is C20H16N6O3S. The zero-order valence-electron chi connectivity index (χ0n) is 15.8. The molecule has 3 aromatic heterocycles. The van der Waals surface area contributed by atoms with Gasteiger partial charge in [0.25, 0.3) is 10.0 Å². The van der Waals surface area contributed by atoms with Gasteiger partial charge in [0.2, 0.25) is 0 Å². The number of hydrogen-bond acceptors (Lipinski definition) is 7. The summed E-state index contributed by atoms with van der Waals surface area (Å²) in [5.74, 6) is 0. The van der Waals surface area contributed by atoms with Crippen molar-refractivity contribution >= 4 is 16.1 Å². The second-order valence-electron chi connectivity index (χ2n) is 6.39. The number of pyridine rings is 1. The van der Waals surface area contributed by atoms with Crippen LogP contribution < -0.4 is 4.72 Å². The first kappa shape index (κ1) is 19.4. The van der Waals surface area contributed by atoms with Crippen LogP contribution in [-0.4, -0.2) is 39.2 Å². The molecule has 0 bridgehead atoms. The molecular weight excluding hydrogens is 404 g/mol. The van der Waals surface area contributed by atoms with Crippen molar-refractivity contribution in [1.29, 1.82) is 0 Å². The number of aromatic nitrogens is 5. The van der Waals surface area contributed by atoms with Crippen molar-refractivity contribution in [3.8, 4) is 22.5 Å². The Morgan fingerprint density at radius 2 is 1.67 bits per heavy atom. The molecule has 0 spiro atoms. The average molecular weight is 420 g/mol. The molecule has 150 valence electrons. The number of hydrogen-bond donors (Lipinski definition) is 1. The highest BCUT2D eigenvalue weighted by Gasteiger charge is 2.22. The molecule has 0 aliphatic rings. The van der Waals surface area contributed by atoms with Gasteiger partial charge in [-0.2, -0.15) is 9.78 Å². The molecule has 0 saturated heterocycles. The van der Waals surface area contributed by atoms with Gasteiger partial charge in [-0.05, 0) is 37.3 Å². The first-order valence-electron chi connectivity index (χ1n) is 8.84. The molecule has 1 N–H and O–H groups in total. The SMILES string of the molecule is Cc1ccc(S(=O)(=O)NC(=O)n2cc(-c3ccncn3)c(-c3ccncc3)n2)cc1. The summed E-state index contributed by atoms with van der Waals surface area (Å²) >= 11 is 0. The molecule has 1 amide bonds. The summed E-state index contributed by atoms with van der Waals surface area (Å²) in [6, 6.07) is 10.4. The number of rotatable bonds is 4. The summed E-state index contributed by atoms with van der Waals surface area (Å²) in [7, 11) is -4.05. The van der Waals surface area contributed by atoms with E-state index in [1.54, 1.807) is 48.9 Å². The van der Waals surface area contributed by atoms with Crippen molar-refractivity contribution in [1.82, 2.24) is 29.5 Å². The average Bonchev–Trinajstić information content (AvgIpc) is 3.21. The van der Waals surface area contributed by atoms with E-state index in [-0.39, 0.29) is 4.90 Å². The summed E-state index contributed by atoms with van der Waals surface area (Å²) in [4.78, 5) is 24.8. The molecule has 0 aliphatic carbocycles. The molecule has 0 unspecified atom stereocenters. The van der Waals surface area contributed by atoms with E-state index in [0.29, 0.717) is 22.5 Å². The molecule has 0 fully saturated rings. The Labute approximate surface area is 172 Å². The van der Waals surface area contributed by atoms with Gasteiger partial charge in [-0.15, -0.1) is 0 Å². The molecule has 4 aromatic rings. The van der Waals surface area contributed by atoms with Crippen molar-refractivity contribution in [2.24, 2.45) is 0 Å². The van der Waals surface area contributed by atoms with Gasteiger partial charge in [-0.25, -0.2) is 27.9 Å². The van der Waals surface area contributed by atoms with E-state index in [9.17, 15) is 13.2 Å². The number of carbonyl (C=O) groups is 1. The molecule has 3 heterocycles. The number of amides is 1. The maximum absolute atomic E-state index is 12.7. The van der Waals surface area contributed by atoms with Gasteiger partial charge in [0, 0.05) is 35.9 Å². The van der Waals surface area contributed by atoms with Gasteiger partial charge in [0.1, 0.15) is 12.0 Å². The number of nitrogens with one attached hydrogen (secondary N) is 1. The minimum atomic E-state index is -4.05. The minimum absolute atomic E-state index is 0.0148. The van der Waals surface area contributed by atoms with E-state index >= 15 is 0 Å². The van der Waals surface area contributed by atoms with E-state index < -0.39 is 16.1 Å². The van der Waals surface area contributed by atoms with Gasteiger partial charge >= 0.3 is 6.03 Å². The lowest BCUT2D eigenvalue weighted by Gasteiger charge is -2.06. The minimum Gasteiger partial charge on any atom is -0.265 e. The van der Waals surface area contributed by atoms with Crippen LogP contribution in [0.3, 0.4) is 0 Å². The van der Waals surface area contributed by atoms with Gasteiger partial charge in [0.05, 0.1) is 10.6 Å². The quantitative estimate of drug-likeness (QED) is 0.539. The second kappa shape index (κ2) is 7.84. The van der Waals surface area contributed by atoms with Gasteiger partial charge in [0.15, 0.2) is 0 Å². The lowest BCUT2D eigenvalue weighted by Crippen LogP contribution is -2.34. The van der Waals surface area contributed by atoms with Crippen LogP contribution in [0.4, 0.5) is 4.79 Å². The normalized spacial score (nSPS) is 11.2. The van der Waals surface area contributed by atoms with E-state index in [4.69, 9.17) is 0 Å². The second-order valence-corrected chi connectivity index (χ2v) is 8.07. The van der Waals surface area contributed by atoms with Gasteiger partial charge in [-0.1, -0.05) is 17.7 Å². The molecule has 0 radical (unpaired) electrons. The maximum atomic E-state index is 12.7. The van der Waals surface area contributed by atoms with Crippen molar-refractivity contribution in [3.63, 3.8) is 0 Å². The van der Waals surface area contributed by atoms with Crippen molar-refractivity contribution < 1.29 is 13.2 Å². The number of sulfonamides is 1. The Balaban J connectivity index is 1.71. The van der Waals surface area contributed by atoms with E-state index in [1.165, 1.54) is 24.7 Å². The number of carbonyl (C=O) groups excluding carboxylic acids is 1. The summed E-state index contributed by atoms with van der Waals surface area (Å²) in [6.45, 7) is 1.84. The van der Waals surface area contributed by atoms with Crippen LogP contribution in [0.1, 0.15) is 5.56 Å². The molecule has 0 atom stereocenters. The molecule has 1 aromatic carbocycles. The Bertz CT molecular complexity index is 1230. The number of benzene rings is 1. The number of nitrogens with zero attached hydrogens (tertiary/aromatic N) is 5. The standard InChI is InChI=1S/C20H16N6O3S/c1-14-2-4-16(5-3-14)30(28,29)25-20(27)26-12-17(18-8-11-22-13-23-18)19(24-26)15-6-9-21-10-7-15/h2-13H,1H3,(H,25,27). The number of aryl methyl sites for hydroxylation is 1. The van der Waals surface area contributed by atoms with E-state index in [1.807, 2.05) is 11.6 Å². The summed E-state index contributed by atoms with van der Waals surface area (Å²) in [6.07, 6.45) is 7.57. The van der Waals surface area contributed by atoms with Crippen molar-refractivity contribution in [2.75, 3.05) is 0 Å². The lowest BCUT2D eigenvalue weighted by atomic mass is 10.1. The van der Waals surface area contributed by atoms with Crippen LogP contribution >= 0.6 is 0 Å². The smallest absolute Gasteiger partial charge is 0.265 e. The Hall–Kier alpha value is -3.92. The molecule has 0 saturated carbocycles. The van der Waals surface area contributed by atoms with Crippen LogP contribution in [0.2, 0.25) is 0 Å². The topological polar surface area (TPSA) is 120 Å². The van der Waals surface area contributed by atoms with Crippen molar-refractivity contribution in [3.05, 3.63) is 79.1 Å². The first-order valence-corrected chi connectivity index (χ1v) is 10.3. The summed E-state index contributed by atoms with van der Waals surface area (Å²) in [5.41, 5.74) is 3.15. The Morgan fingerprint density at radius 3 is 2.33 bits per heavy atom. The highest BCUT2D eigenvalue weighted by atomic mass is 32.2. The predicted molar refractivity (Wildman–Crippen MR) is 109 cm³/mol. The van der Waals surface area contributed by atoms with Crippen LogP contribution in [0.15, 0.2) is 78.5 Å². The van der Waals surface area contributed by atoms with Crippen LogP contribution in [-0.2, 0) is 10.0 Å².